The van der Waals surface area contributed by atoms with Crippen molar-refractivity contribution >= 4 is 11.9 Å². The van der Waals surface area contributed by atoms with Gasteiger partial charge in [-0.15, -0.1) is 0 Å². The third-order valence-corrected chi connectivity index (χ3v) is 3.85. The first-order chi connectivity index (χ1) is 11.3. The molecule has 0 fully saturated rings. The molecule has 2 aromatic rings. The smallest absolute Gasteiger partial charge is 0.342 e. The summed E-state index contributed by atoms with van der Waals surface area (Å²) in [7, 11) is 1.60. The first-order valence-electron chi connectivity index (χ1n) is 7.51. The van der Waals surface area contributed by atoms with Gasteiger partial charge in [0.15, 0.2) is 6.61 Å². The van der Waals surface area contributed by atoms with Gasteiger partial charge in [-0.2, -0.15) is 0 Å². The van der Waals surface area contributed by atoms with Crippen molar-refractivity contribution in [3.8, 4) is 0 Å². The van der Waals surface area contributed by atoms with Crippen molar-refractivity contribution in [3.63, 3.8) is 0 Å². The van der Waals surface area contributed by atoms with Crippen molar-refractivity contribution in [2.45, 2.75) is 27.3 Å². The van der Waals surface area contributed by atoms with Gasteiger partial charge in [0.25, 0.3) is 5.91 Å². The Labute approximate surface area is 140 Å². The van der Waals surface area contributed by atoms with Crippen LogP contribution in [0.3, 0.4) is 0 Å². The quantitative estimate of drug-likeness (QED) is 0.789. The Morgan fingerprint density at radius 1 is 1.12 bits per heavy atom. The fourth-order valence-electron chi connectivity index (χ4n) is 2.36. The van der Waals surface area contributed by atoms with E-state index in [1.165, 1.54) is 17.0 Å². The van der Waals surface area contributed by atoms with Crippen LogP contribution in [0.1, 0.15) is 33.0 Å². The topological polar surface area (TPSA) is 59.8 Å². The van der Waals surface area contributed by atoms with Gasteiger partial charge in [0, 0.05) is 19.2 Å². The van der Waals surface area contributed by atoms with Gasteiger partial charge in [0.2, 0.25) is 0 Å². The van der Waals surface area contributed by atoms with Crippen molar-refractivity contribution in [3.05, 3.63) is 58.3 Å². The highest BCUT2D eigenvalue weighted by Gasteiger charge is 2.21. The molecule has 0 radical (unpaired) electrons. The van der Waals surface area contributed by atoms with E-state index in [2.05, 4.69) is 0 Å². The summed E-state index contributed by atoms with van der Waals surface area (Å²) in [5, 5.41) is 0. The number of rotatable bonds is 5. The van der Waals surface area contributed by atoms with E-state index >= 15 is 0 Å². The second-order valence-corrected chi connectivity index (χ2v) is 5.67. The zero-order valence-corrected chi connectivity index (χ0v) is 14.2. The Morgan fingerprint density at radius 2 is 1.75 bits per heavy atom. The molecule has 0 spiro atoms. The number of carbonyl (C=O) groups excluding carboxylic acids is 2. The van der Waals surface area contributed by atoms with Crippen LogP contribution in [0.4, 0.5) is 4.39 Å². The SMILES string of the molecule is Cc1oc(C)c(C(=O)OCC(=O)N(C)Cc2ccc(F)cc2)c1C. The van der Waals surface area contributed by atoms with Crippen molar-refractivity contribution < 1.29 is 23.1 Å². The predicted octanol–water partition coefficient (Wildman–Crippen LogP) is 3.16. The number of ether oxygens (including phenoxy) is 1. The minimum atomic E-state index is -0.578. The van der Waals surface area contributed by atoms with Crippen molar-refractivity contribution in [1.82, 2.24) is 4.90 Å². The molecule has 0 aliphatic rings. The van der Waals surface area contributed by atoms with Crippen molar-refractivity contribution in [1.29, 1.82) is 0 Å². The number of esters is 1. The number of furan rings is 1. The van der Waals surface area contributed by atoms with Crippen LogP contribution < -0.4 is 0 Å². The highest BCUT2D eigenvalue weighted by Crippen LogP contribution is 2.21. The average molecular weight is 333 g/mol. The molecule has 5 nitrogen and oxygen atoms in total. The maximum Gasteiger partial charge on any atom is 0.342 e. The average Bonchev–Trinajstić information content (AvgIpc) is 2.79. The summed E-state index contributed by atoms with van der Waals surface area (Å²) in [5.41, 5.74) is 1.86. The van der Waals surface area contributed by atoms with E-state index in [0.29, 0.717) is 29.2 Å². The summed E-state index contributed by atoms with van der Waals surface area (Å²) in [4.78, 5) is 25.6. The summed E-state index contributed by atoms with van der Waals surface area (Å²) < 4.78 is 23.3. The monoisotopic (exact) mass is 333 g/mol. The molecular weight excluding hydrogens is 313 g/mol. The molecule has 0 aliphatic carbocycles. The van der Waals surface area contributed by atoms with Crippen LogP contribution in [0.25, 0.3) is 0 Å². The first-order valence-corrected chi connectivity index (χ1v) is 7.51. The number of carbonyl (C=O) groups is 2. The number of halogens is 1. The third kappa shape index (κ3) is 4.01. The van der Waals surface area contributed by atoms with Crippen LogP contribution >= 0.6 is 0 Å². The summed E-state index contributed by atoms with van der Waals surface area (Å²) in [5.74, 6) is -0.127. The zero-order chi connectivity index (χ0) is 17.9. The minimum absolute atomic E-state index is 0.305. The van der Waals surface area contributed by atoms with Crippen LogP contribution in [0, 0.1) is 26.6 Å². The molecule has 1 aromatic heterocycles. The van der Waals surface area contributed by atoms with Gasteiger partial charge in [-0.1, -0.05) is 12.1 Å². The number of nitrogens with zero attached hydrogens (tertiary/aromatic N) is 1. The molecule has 1 amide bonds. The normalized spacial score (nSPS) is 10.5. The number of hydrogen-bond acceptors (Lipinski definition) is 4. The highest BCUT2D eigenvalue weighted by atomic mass is 19.1. The number of hydrogen-bond donors (Lipinski definition) is 0. The molecule has 0 bridgehead atoms. The largest absolute Gasteiger partial charge is 0.465 e. The highest BCUT2D eigenvalue weighted by molar-refractivity contribution is 5.93. The van der Waals surface area contributed by atoms with E-state index in [1.807, 2.05) is 0 Å². The maximum absolute atomic E-state index is 12.9. The second kappa shape index (κ2) is 7.29. The van der Waals surface area contributed by atoms with Gasteiger partial charge < -0.3 is 14.1 Å². The van der Waals surface area contributed by atoms with E-state index in [-0.39, 0.29) is 18.3 Å². The summed E-state index contributed by atoms with van der Waals surface area (Å²) in [6.45, 7) is 5.16. The lowest BCUT2D eigenvalue weighted by molar-refractivity contribution is -0.133. The molecule has 2 rings (SSSR count). The van der Waals surface area contributed by atoms with E-state index < -0.39 is 5.97 Å². The molecule has 128 valence electrons. The van der Waals surface area contributed by atoms with E-state index in [0.717, 1.165) is 5.56 Å². The predicted molar refractivity (Wildman–Crippen MR) is 86.1 cm³/mol. The van der Waals surface area contributed by atoms with E-state index in [1.54, 1.807) is 40.0 Å². The van der Waals surface area contributed by atoms with Crippen LogP contribution in [0.5, 0.6) is 0 Å². The fraction of sp³-hybridized carbons (Fsp3) is 0.333. The Bertz CT molecular complexity index is 749. The maximum atomic E-state index is 12.9. The van der Waals surface area contributed by atoms with E-state index in [4.69, 9.17) is 9.15 Å². The fourth-order valence-corrected chi connectivity index (χ4v) is 2.36. The Morgan fingerprint density at radius 3 is 2.29 bits per heavy atom. The van der Waals surface area contributed by atoms with Crippen LogP contribution in [-0.2, 0) is 16.1 Å². The van der Waals surface area contributed by atoms with E-state index in [9.17, 15) is 14.0 Å². The van der Waals surface area contributed by atoms with Gasteiger partial charge in [0.05, 0.1) is 0 Å². The van der Waals surface area contributed by atoms with Crippen LogP contribution in [0.2, 0.25) is 0 Å². The minimum Gasteiger partial charge on any atom is -0.465 e. The molecule has 0 atom stereocenters. The van der Waals surface area contributed by atoms with Gasteiger partial charge in [-0.05, 0) is 38.5 Å². The Balaban J connectivity index is 1.92. The Hall–Kier alpha value is -2.63. The molecular formula is C18H20FNO4. The lowest BCUT2D eigenvalue weighted by atomic mass is 10.1. The van der Waals surface area contributed by atoms with Gasteiger partial charge in [0.1, 0.15) is 22.9 Å². The summed E-state index contributed by atoms with van der Waals surface area (Å²) in [6.07, 6.45) is 0. The van der Waals surface area contributed by atoms with Crippen LogP contribution in [0.15, 0.2) is 28.7 Å². The molecule has 0 saturated carbocycles. The number of aryl methyl sites for hydroxylation is 2. The molecule has 0 aliphatic heterocycles. The van der Waals surface area contributed by atoms with Gasteiger partial charge in [-0.25, -0.2) is 9.18 Å². The summed E-state index contributed by atoms with van der Waals surface area (Å²) in [6, 6.07) is 5.87. The zero-order valence-electron chi connectivity index (χ0n) is 14.2. The molecule has 0 unspecified atom stereocenters. The van der Waals surface area contributed by atoms with Crippen molar-refractivity contribution in [2.75, 3.05) is 13.7 Å². The van der Waals surface area contributed by atoms with Crippen LogP contribution in [-0.4, -0.2) is 30.4 Å². The summed E-state index contributed by atoms with van der Waals surface area (Å²) >= 11 is 0. The number of likely N-dealkylation sites (N-methyl/N-ethyl adjacent to an activating group) is 1. The lowest BCUT2D eigenvalue weighted by Crippen LogP contribution is -2.31. The first kappa shape index (κ1) is 17.7. The molecule has 6 heteroatoms. The van der Waals surface area contributed by atoms with Crippen molar-refractivity contribution in [2.24, 2.45) is 0 Å². The van der Waals surface area contributed by atoms with Gasteiger partial charge in [-0.3, -0.25) is 4.79 Å². The molecule has 24 heavy (non-hydrogen) atoms. The number of benzene rings is 1. The standard InChI is InChI=1S/C18H20FNO4/c1-11-12(2)24-13(3)17(11)18(22)23-10-16(21)20(4)9-14-5-7-15(19)8-6-14/h5-8H,9-10H2,1-4H3. The molecule has 1 heterocycles. The third-order valence-electron chi connectivity index (χ3n) is 3.85. The molecule has 0 saturated heterocycles. The Kier molecular flexibility index (Phi) is 5.39. The van der Waals surface area contributed by atoms with Gasteiger partial charge >= 0.3 is 5.97 Å². The molecule has 1 aromatic carbocycles. The second-order valence-electron chi connectivity index (χ2n) is 5.67. The number of amides is 1. The molecule has 0 N–H and O–H groups in total. The lowest BCUT2D eigenvalue weighted by Gasteiger charge is -2.17.